The van der Waals surface area contributed by atoms with E-state index in [1.807, 2.05) is 211 Å². The maximum absolute atomic E-state index is 13.4. The molecule has 0 aliphatic carbocycles. The zero-order valence-corrected chi connectivity index (χ0v) is 77.3. The van der Waals surface area contributed by atoms with Crippen LogP contribution in [0.5, 0.6) is 0 Å². The lowest BCUT2D eigenvalue weighted by atomic mass is 9.69. The van der Waals surface area contributed by atoms with Crippen LogP contribution in [0, 0.1) is 0 Å². The number of aldehydes is 1. The number of piperidine rings is 2. The molecule has 0 saturated carbocycles. The zero-order valence-electron chi connectivity index (χ0n) is 75.0. The Morgan fingerprint density at radius 3 is 1.41 bits per heavy atom. The van der Waals surface area contributed by atoms with Crippen molar-refractivity contribution in [1.29, 1.82) is 0 Å². The molecule has 15 rings (SSSR count). The van der Waals surface area contributed by atoms with E-state index < -0.39 is 34.2 Å². The van der Waals surface area contributed by atoms with Gasteiger partial charge in [-0.2, -0.15) is 0 Å². The third-order valence-corrected chi connectivity index (χ3v) is 22.8. The zero-order chi connectivity index (χ0) is 92.2. The van der Waals surface area contributed by atoms with Gasteiger partial charge in [-0.1, -0.05) is 202 Å². The van der Waals surface area contributed by atoms with Gasteiger partial charge >= 0.3 is 18.3 Å². The van der Waals surface area contributed by atoms with Gasteiger partial charge in [0.1, 0.15) is 23.1 Å². The summed E-state index contributed by atoms with van der Waals surface area (Å²) >= 11 is 16.7. The second kappa shape index (κ2) is 47.3. The number of carbonyl (C=O) groups excluding carboxylic acids is 7. The lowest BCUT2D eigenvalue weighted by molar-refractivity contribution is -0.106. The van der Waals surface area contributed by atoms with Gasteiger partial charge in [0.05, 0.1) is 34.1 Å². The number of amides is 5. The molecule has 5 amide bonds. The monoisotopic (exact) mass is 1800 g/mol. The molecular weight excluding hydrogens is 1680 g/mol. The number of carbonyl (C=O) groups is 7. The molecule has 20 nitrogen and oxygen atoms in total. The number of likely N-dealkylation sites (tertiary alicyclic amines) is 1. The van der Waals surface area contributed by atoms with Crippen LogP contribution in [-0.4, -0.2) is 114 Å². The molecule has 0 bridgehead atoms. The fourth-order valence-electron chi connectivity index (χ4n) is 15.8. The molecule has 0 aromatic heterocycles. The summed E-state index contributed by atoms with van der Waals surface area (Å²) in [5, 5.41) is 15.1. The largest absolute Gasteiger partial charge is 0.444 e. The minimum atomic E-state index is -0.640. The van der Waals surface area contributed by atoms with Crippen LogP contribution in [0.15, 0.2) is 267 Å². The number of benzene rings is 11. The van der Waals surface area contributed by atoms with Gasteiger partial charge in [0.2, 0.25) is 0 Å². The highest BCUT2D eigenvalue weighted by molar-refractivity contribution is 6.67. The number of hydrogen-bond donors (Lipinski definition) is 7. The molecule has 4 aliphatic heterocycles. The highest BCUT2D eigenvalue weighted by atomic mass is 35.5. The van der Waals surface area contributed by atoms with E-state index in [-0.39, 0.29) is 36.2 Å². The summed E-state index contributed by atoms with van der Waals surface area (Å²) < 4.78 is 16.1. The van der Waals surface area contributed by atoms with Crippen molar-refractivity contribution in [2.75, 3.05) is 78.1 Å². The van der Waals surface area contributed by atoms with Gasteiger partial charge in [0.15, 0.2) is 0 Å². The Morgan fingerprint density at radius 2 is 0.915 bits per heavy atom. The molecular formula is C106H123Cl3N10O10. The van der Waals surface area contributed by atoms with Gasteiger partial charge in [0, 0.05) is 91.6 Å². The Kier molecular flexibility index (Phi) is 36.9. The van der Waals surface area contributed by atoms with Gasteiger partial charge in [0.25, 0.3) is 17.1 Å². The summed E-state index contributed by atoms with van der Waals surface area (Å²) in [5.41, 5.74) is 31.1. The standard InChI is InChI=1S/C33H34N4O.C27H29ClN2O3.C18H26N2O2.C17H20N2O2.C8H6Cl2O.C2H4O.CH4/c34-30-15-14-27(25-6-2-1-3-7-25)20-31(30)36-32(38)26-12-10-24(11-13-26)21-37-22-28-8-4-5-9-29(28)33(23-37)16-18-35-19-17-33;1-5-30(25(31)21-13-11-19(18-28)12-14-21)24-17-22(20-9-7-6-8-10-20)15-16-23(24)29-26(32)33-27(2,3)4;1-17(2,3)22-16(21)20-10-8-18(9-11-20)13-19-12-14-6-4-5-7-15(14)18;1-17(2,3)21-16(20)19-15-10-9-13(11-14(15)18)12-7-5-4-6-8-12;9-5-6-1-3-7(4-2-6)8(10)11;1-2-3;/h1-15,20,35H,16-19,21-23,34H2,(H,36,38);6-17H,5,18H2,1-4H3,(H,29,32);4-7,19H,8-13H2,1-3H3;4-11H,18H2,1-3H3,(H,19,20);1-4H,5H2;2H,1H3;1H4. The Labute approximate surface area is 776 Å². The SMILES string of the molecule is C.CC(C)(C)OC(=O)N1CCC2(CC1)CNCc1ccccc12.CC(C)(C)OC(=O)Nc1ccc(-c2ccccc2)cc1N.CC=O.CCN(C(=O)c1ccc(CCl)cc1)c1cc(-c2ccccc2)ccc1NC(=O)OC(C)(C)C.Nc1ccc(-c2ccccc2)cc1NC(=O)c1ccc(CN2Cc3ccccc3C3(CCNCC3)C2)cc1.O=C(Cl)c1ccc(CCl)cc1. The molecule has 678 valence electrons. The smallest absolute Gasteiger partial charge is 0.412 e. The third-order valence-electron chi connectivity index (χ3n) is 21.9. The second-order valence-electron chi connectivity index (χ2n) is 34.9. The molecule has 2 fully saturated rings. The molecule has 9 N–H and O–H groups in total. The maximum atomic E-state index is 13.4. The Morgan fingerprint density at radius 1 is 0.473 bits per heavy atom. The number of rotatable bonds is 15. The number of nitrogens with zero attached hydrogens (tertiary/aromatic N) is 3. The van der Waals surface area contributed by atoms with E-state index in [1.165, 1.54) is 42.0 Å². The number of nitrogens with two attached hydrogens (primary N) is 2. The van der Waals surface area contributed by atoms with E-state index in [2.05, 4.69) is 92.1 Å². The van der Waals surface area contributed by atoms with Crippen LogP contribution < -0.4 is 43.0 Å². The molecule has 0 atom stereocenters. The molecule has 23 heteroatoms. The second-order valence-corrected chi connectivity index (χ2v) is 35.8. The van der Waals surface area contributed by atoms with Gasteiger partial charge in [-0.25, -0.2) is 14.4 Å². The van der Waals surface area contributed by atoms with Gasteiger partial charge in [-0.3, -0.25) is 29.9 Å². The quantitative estimate of drug-likeness (QED) is 0.0165. The first-order valence-corrected chi connectivity index (χ1v) is 44.7. The minimum Gasteiger partial charge on any atom is -0.444 e. The normalized spacial score (nSPS) is 14.0. The molecule has 4 heterocycles. The fourth-order valence-corrected chi connectivity index (χ4v) is 16.2. The maximum Gasteiger partial charge on any atom is 0.412 e. The Hall–Kier alpha value is -12.1. The molecule has 11 aromatic carbocycles. The topological polar surface area (TPSA) is 269 Å². The summed E-state index contributed by atoms with van der Waals surface area (Å²) in [6.07, 6.45) is 3.82. The van der Waals surface area contributed by atoms with E-state index in [0.717, 1.165) is 123 Å². The van der Waals surface area contributed by atoms with Crippen LogP contribution in [-0.2, 0) is 61.2 Å². The van der Waals surface area contributed by atoms with E-state index >= 15 is 0 Å². The number of alkyl halides is 2. The van der Waals surface area contributed by atoms with Crippen LogP contribution in [0.4, 0.5) is 48.5 Å². The number of anilines is 6. The first-order chi connectivity index (χ1) is 61.2. The number of hydrogen-bond acceptors (Lipinski definition) is 15. The summed E-state index contributed by atoms with van der Waals surface area (Å²) in [6.45, 7) is 28.9. The van der Waals surface area contributed by atoms with Crippen LogP contribution in [0.1, 0.15) is 179 Å². The molecule has 0 unspecified atom stereocenters. The van der Waals surface area contributed by atoms with Gasteiger partial charge in [-0.05, 0) is 272 Å². The molecule has 0 radical (unpaired) electrons. The van der Waals surface area contributed by atoms with Crippen molar-refractivity contribution in [2.24, 2.45) is 0 Å². The van der Waals surface area contributed by atoms with Crippen molar-refractivity contribution in [3.8, 4) is 33.4 Å². The van der Waals surface area contributed by atoms with Crippen molar-refractivity contribution in [1.82, 2.24) is 20.4 Å². The van der Waals surface area contributed by atoms with Crippen molar-refractivity contribution < 1.29 is 47.8 Å². The van der Waals surface area contributed by atoms with E-state index in [0.29, 0.717) is 69.1 Å². The lowest BCUT2D eigenvalue weighted by Crippen LogP contribution is -2.52. The van der Waals surface area contributed by atoms with Crippen LogP contribution >= 0.6 is 34.8 Å². The van der Waals surface area contributed by atoms with Crippen LogP contribution in [0.2, 0.25) is 0 Å². The van der Waals surface area contributed by atoms with Crippen molar-refractivity contribution in [3.05, 3.63) is 323 Å². The predicted octanol–water partition coefficient (Wildman–Crippen LogP) is 23.9. The fraction of sp³-hybridized carbons (Fsp3) is 0.311. The Balaban J connectivity index is 0.000000188. The van der Waals surface area contributed by atoms with Gasteiger partial charge in [-0.15, -0.1) is 23.2 Å². The molecule has 2 saturated heterocycles. The highest BCUT2D eigenvalue weighted by Gasteiger charge is 2.42. The number of fused-ring (bicyclic) bond motifs is 4. The third kappa shape index (κ3) is 29.4. The average molecular weight is 1800 g/mol. The number of nitrogen functional groups attached to an aromatic ring is 2. The van der Waals surface area contributed by atoms with Crippen molar-refractivity contribution >= 4 is 111 Å². The molecule has 11 aromatic rings. The van der Waals surface area contributed by atoms with Gasteiger partial charge < -0.3 is 56.2 Å². The van der Waals surface area contributed by atoms with E-state index in [1.54, 1.807) is 79.8 Å². The molecule has 2 spiro atoms. The van der Waals surface area contributed by atoms with E-state index in [9.17, 15) is 28.8 Å². The highest BCUT2D eigenvalue weighted by Crippen LogP contribution is 2.43. The summed E-state index contributed by atoms with van der Waals surface area (Å²) in [4.78, 5) is 88.4. The average Bonchev–Trinajstić information content (AvgIpc) is 0.757. The number of halogens is 3. The summed E-state index contributed by atoms with van der Waals surface area (Å²) in [7, 11) is 0. The number of nitrogens with one attached hydrogen (secondary N) is 5. The van der Waals surface area contributed by atoms with Crippen LogP contribution in [0.25, 0.3) is 33.4 Å². The number of ether oxygens (including phenoxy) is 3. The van der Waals surface area contributed by atoms with Crippen molar-refractivity contribution in [2.45, 2.75) is 168 Å². The Bertz CT molecular complexity index is 5520. The van der Waals surface area contributed by atoms with Crippen LogP contribution in [0.3, 0.4) is 0 Å². The first kappa shape index (κ1) is 101. The van der Waals surface area contributed by atoms with E-state index in [4.69, 9.17) is 65.3 Å². The summed E-state index contributed by atoms with van der Waals surface area (Å²) in [6, 6.07) is 86.6. The first-order valence-electron chi connectivity index (χ1n) is 43.2. The summed E-state index contributed by atoms with van der Waals surface area (Å²) in [5.74, 6) is 0.510. The predicted molar refractivity (Wildman–Crippen MR) is 528 cm³/mol. The lowest BCUT2D eigenvalue weighted by Gasteiger charge is -2.46. The molecule has 4 aliphatic rings. The van der Waals surface area contributed by atoms with Crippen molar-refractivity contribution in [3.63, 3.8) is 0 Å². The minimum absolute atomic E-state index is 0. The molecule has 129 heavy (non-hydrogen) atoms.